The van der Waals surface area contributed by atoms with E-state index in [2.05, 4.69) is 14.9 Å². The highest BCUT2D eigenvalue weighted by atomic mass is 35.5. The fourth-order valence-corrected chi connectivity index (χ4v) is 4.39. The van der Waals surface area contributed by atoms with E-state index in [1.54, 1.807) is 44.2 Å². The molecule has 0 saturated carbocycles. The monoisotopic (exact) mass is 465 g/mol. The zero-order chi connectivity index (χ0) is 22.8. The molecule has 2 unspecified atom stereocenters. The molecular weight excluding hydrogens is 438 g/mol. The van der Waals surface area contributed by atoms with E-state index in [1.165, 1.54) is 0 Å². The predicted molar refractivity (Wildman–Crippen MR) is 126 cm³/mol. The van der Waals surface area contributed by atoms with E-state index in [1.807, 2.05) is 26.0 Å². The summed E-state index contributed by atoms with van der Waals surface area (Å²) in [5.74, 6) is -0.310. The number of nitrogens with zero attached hydrogens (tertiary/aromatic N) is 1. The summed E-state index contributed by atoms with van der Waals surface area (Å²) >= 11 is 6.50. The van der Waals surface area contributed by atoms with Crippen LogP contribution in [0.25, 0.3) is 0 Å². The van der Waals surface area contributed by atoms with Gasteiger partial charge in [0, 0.05) is 30.0 Å². The highest BCUT2D eigenvalue weighted by Gasteiger charge is 2.24. The van der Waals surface area contributed by atoms with Crippen molar-refractivity contribution in [2.75, 3.05) is 28.0 Å². The average Bonchev–Trinajstić information content (AvgIpc) is 2.67. The van der Waals surface area contributed by atoms with Crippen molar-refractivity contribution in [3.8, 4) is 0 Å². The second-order valence-corrected chi connectivity index (χ2v) is 10.7. The fourth-order valence-electron chi connectivity index (χ4n) is 3.39. The molecule has 0 bridgehead atoms. The Balaban J connectivity index is 1.67. The highest BCUT2D eigenvalue weighted by Crippen LogP contribution is 2.31. The van der Waals surface area contributed by atoms with Crippen molar-refractivity contribution < 1.29 is 17.9 Å². The Bertz CT molecular complexity index is 1030. The summed E-state index contributed by atoms with van der Waals surface area (Å²) in [6.07, 6.45) is 0.236. The minimum absolute atomic E-state index is 0.118. The van der Waals surface area contributed by atoms with Gasteiger partial charge in [0.25, 0.3) is 5.91 Å². The molecule has 2 atom stereocenters. The van der Waals surface area contributed by atoms with Gasteiger partial charge >= 0.3 is 0 Å². The molecule has 7 nitrogen and oxygen atoms in total. The molecule has 0 spiro atoms. The lowest BCUT2D eigenvalue weighted by Gasteiger charge is -2.37. The number of morpholine rings is 1. The van der Waals surface area contributed by atoms with Gasteiger partial charge in [-0.1, -0.05) is 11.6 Å². The van der Waals surface area contributed by atoms with Crippen molar-refractivity contribution in [2.24, 2.45) is 0 Å². The number of ether oxygens (including phenoxy) is 1. The number of rotatable bonds is 6. The lowest BCUT2D eigenvalue weighted by Crippen LogP contribution is -2.45. The van der Waals surface area contributed by atoms with Crippen LogP contribution in [0.15, 0.2) is 42.5 Å². The summed E-state index contributed by atoms with van der Waals surface area (Å²) in [5, 5.41) is 2.83. The Morgan fingerprint density at radius 2 is 1.65 bits per heavy atom. The molecule has 0 aromatic heterocycles. The summed E-state index contributed by atoms with van der Waals surface area (Å²) < 4.78 is 32.2. The number of amides is 1. The first-order valence-corrected chi connectivity index (χ1v) is 12.1. The number of hydrogen-bond acceptors (Lipinski definition) is 5. The number of anilines is 3. The molecule has 9 heteroatoms. The smallest absolute Gasteiger partial charge is 0.255 e. The first kappa shape index (κ1) is 23.4. The van der Waals surface area contributed by atoms with Crippen LogP contribution in [0.5, 0.6) is 0 Å². The maximum atomic E-state index is 12.6. The van der Waals surface area contributed by atoms with E-state index in [9.17, 15) is 13.2 Å². The number of benzene rings is 2. The van der Waals surface area contributed by atoms with Crippen molar-refractivity contribution in [1.82, 2.24) is 0 Å². The molecule has 2 aromatic carbocycles. The first-order chi connectivity index (χ1) is 14.5. The Kier molecular flexibility index (Phi) is 7.13. The largest absolute Gasteiger partial charge is 0.372 e. The molecule has 1 aliphatic rings. The zero-order valence-electron chi connectivity index (χ0n) is 18.1. The second kappa shape index (κ2) is 9.46. The fraction of sp³-hybridized carbons (Fsp3) is 0.409. The highest BCUT2D eigenvalue weighted by molar-refractivity contribution is 7.93. The van der Waals surface area contributed by atoms with Gasteiger partial charge in [-0.3, -0.25) is 9.52 Å². The van der Waals surface area contributed by atoms with Gasteiger partial charge in [0.05, 0.1) is 28.2 Å². The number of nitrogens with one attached hydrogen (secondary N) is 2. The average molecular weight is 466 g/mol. The predicted octanol–water partition coefficient (Wildman–Crippen LogP) is 4.36. The van der Waals surface area contributed by atoms with Crippen molar-refractivity contribution in [2.45, 2.75) is 45.2 Å². The zero-order valence-corrected chi connectivity index (χ0v) is 19.6. The molecule has 1 aliphatic heterocycles. The van der Waals surface area contributed by atoms with Gasteiger partial charge in [0.1, 0.15) is 0 Å². The third kappa shape index (κ3) is 5.90. The van der Waals surface area contributed by atoms with Crippen LogP contribution >= 0.6 is 11.6 Å². The number of carbonyl (C=O) groups excluding carboxylic acids is 1. The van der Waals surface area contributed by atoms with Gasteiger partial charge in [0.2, 0.25) is 10.0 Å². The van der Waals surface area contributed by atoms with Crippen LogP contribution in [0.1, 0.15) is 38.1 Å². The van der Waals surface area contributed by atoms with Crippen LogP contribution < -0.4 is 14.9 Å². The van der Waals surface area contributed by atoms with E-state index in [4.69, 9.17) is 16.3 Å². The van der Waals surface area contributed by atoms with Crippen molar-refractivity contribution >= 4 is 44.6 Å². The molecule has 0 radical (unpaired) electrons. The van der Waals surface area contributed by atoms with Gasteiger partial charge in [-0.05, 0) is 70.2 Å². The molecule has 1 saturated heterocycles. The van der Waals surface area contributed by atoms with Crippen LogP contribution in [0.3, 0.4) is 0 Å². The van der Waals surface area contributed by atoms with Crippen LogP contribution in [-0.2, 0) is 14.8 Å². The third-order valence-corrected chi connectivity index (χ3v) is 7.06. The minimum atomic E-state index is -3.44. The lowest BCUT2D eigenvalue weighted by molar-refractivity contribution is -0.00521. The van der Waals surface area contributed by atoms with Gasteiger partial charge in [0.15, 0.2) is 0 Å². The number of carbonyl (C=O) groups is 1. The van der Waals surface area contributed by atoms with Crippen molar-refractivity contribution in [3.63, 3.8) is 0 Å². The Morgan fingerprint density at radius 3 is 2.19 bits per heavy atom. The summed E-state index contributed by atoms with van der Waals surface area (Å²) in [5.41, 5.74) is 2.30. The molecule has 1 amide bonds. The Hall–Kier alpha value is -2.29. The van der Waals surface area contributed by atoms with Crippen LogP contribution in [-0.4, -0.2) is 44.9 Å². The molecule has 0 aliphatic carbocycles. The van der Waals surface area contributed by atoms with Crippen molar-refractivity contribution in [3.05, 3.63) is 53.1 Å². The van der Waals surface area contributed by atoms with E-state index < -0.39 is 15.3 Å². The normalized spacial score (nSPS) is 19.4. The third-order valence-electron chi connectivity index (χ3n) is 4.99. The van der Waals surface area contributed by atoms with Crippen molar-refractivity contribution in [1.29, 1.82) is 0 Å². The number of hydrogen-bond donors (Lipinski definition) is 2. The maximum absolute atomic E-state index is 12.6. The first-order valence-electron chi connectivity index (χ1n) is 10.2. The molecule has 31 heavy (non-hydrogen) atoms. The van der Waals surface area contributed by atoms with E-state index in [-0.39, 0.29) is 18.1 Å². The van der Waals surface area contributed by atoms with Crippen LogP contribution in [0.2, 0.25) is 5.02 Å². The van der Waals surface area contributed by atoms with E-state index in [0.29, 0.717) is 22.0 Å². The van der Waals surface area contributed by atoms with Gasteiger partial charge < -0.3 is 15.0 Å². The summed E-state index contributed by atoms with van der Waals surface area (Å²) in [6, 6.07) is 11.7. The standard InChI is InChI=1S/C22H28ClN3O4S/c1-14(2)31(28,29)25-18-7-5-17(6-8-18)22(27)24-19-9-10-21(20(23)11-19)26-12-15(3)30-16(4)13-26/h5-11,14-16,25H,12-13H2,1-4H3,(H,24,27). The number of halogens is 1. The molecule has 2 N–H and O–H groups in total. The SMILES string of the molecule is CC1CN(c2ccc(NC(=O)c3ccc(NS(=O)(=O)C(C)C)cc3)cc2Cl)CC(C)O1. The van der Waals surface area contributed by atoms with E-state index >= 15 is 0 Å². The molecule has 2 aromatic rings. The lowest BCUT2D eigenvalue weighted by atomic mass is 10.1. The minimum Gasteiger partial charge on any atom is -0.372 e. The molecule has 168 valence electrons. The molecule has 1 heterocycles. The molecule has 1 fully saturated rings. The summed E-state index contributed by atoms with van der Waals surface area (Å²) in [6.45, 7) is 8.77. The van der Waals surface area contributed by atoms with Crippen LogP contribution in [0.4, 0.5) is 17.1 Å². The summed E-state index contributed by atoms with van der Waals surface area (Å²) in [4.78, 5) is 14.8. The Labute approximate surface area is 188 Å². The second-order valence-electron chi connectivity index (χ2n) is 8.06. The number of sulfonamides is 1. The quantitative estimate of drug-likeness (QED) is 0.661. The molecular formula is C22H28ClN3O4S. The molecule has 3 rings (SSSR count). The van der Waals surface area contributed by atoms with Gasteiger partial charge in [-0.25, -0.2) is 8.42 Å². The van der Waals surface area contributed by atoms with E-state index in [0.717, 1.165) is 18.8 Å². The van der Waals surface area contributed by atoms with Crippen LogP contribution in [0, 0.1) is 0 Å². The van der Waals surface area contributed by atoms with Gasteiger partial charge in [-0.15, -0.1) is 0 Å². The van der Waals surface area contributed by atoms with Gasteiger partial charge in [-0.2, -0.15) is 0 Å². The topological polar surface area (TPSA) is 87.7 Å². The summed E-state index contributed by atoms with van der Waals surface area (Å²) in [7, 11) is -3.44. The maximum Gasteiger partial charge on any atom is 0.255 e. The Morgan fingerprint density at radius 1 is 1.06 bits per heavy atom.